The Morgan fingerprint density at radius 3 is 2.52 bits per heavy atom. The van der Waals surface area contributed by atoms with Gasteiger partial charge in [0.05, 0.1) is 5.56 Å². The first kappa shape index (κ1) is 14.7. The number of nitrogens with zero attached hydrogens (tertiary/aromatic N) is 1. The first-order chi connectivity index (χ1) is 9.97. The van der Waals surface area contributed by atoms with Crippen LogP contribution in [0.5, 0.6) is 0 Å². The van der Waals surface area contributed by atoms with Crippen LogP contribution in [-0.4, -0.2) is 22.0 Å². The van der Waals surface area contributed by atoms with Crippen LogP contribution in [0, 0.1) is 0 Å². The Morgan fingerprint density at radius 1 is 1.19 bits per heavy atom. The zero-order valence-electron chi connectivity index (χ0n) is 11.8. The second-order valence-corrected chi connectivity index (χ2v) is 4.97. The molecule has 21 heavy (non-hydrogen) atoms. The number of aromatic carboxylic acids is 1. The van der Waals surface area contributed by atoms with Gasteiger partial charge >= 0.3 is 5.97 Å². The molecule has 0 spiro atoms. The molecule has 0 radical (unpaired) electrons. The maximum atomic E-state index is 12.1. The Labute approximate surface area is 122 Å². The summed E-state index contributed by atoms with van der Waals surface area (Å²) < 4.78 is 0. The summed E-state index contributed by atoms with van der Waals surface area (Å²) in [7, 11) is 0. The highest BCUT2D eigenvalue weighted by Crippen LogP contribution is 2.18. The van der Waals surface area contributed by atoms with Crippen molar-refractivity contribution in [2.24, 2.45) is 0 Å². The third-order valence-corrected chi connectivity index (χ3v) is 3.05. The van der Waals surface area contributed by atoms with Crippen LogP contribution >= 0.6 is 0 Å². The Bertz CT molecular complexity index is 663. The van der Waals surface area contributed by atoms with Crippen LogP contribution in [0.1, 0.15) is 46.2 Å². The fourth-order valence-electron chi connectivity index (χ4n) is 1.83. The van der Waals surface area contributed by atoms with Gasteiger partial charge in [-0.3, -0.25) is 9.78 Å². The van der Waals surface area contributed by atoms with Gasteiger partial charge in [-0.2, -0.15) is 0 Å². The number of benzene rings is 1. The summed E-state index contributed by atoms with van der Waals surface area (Å²) in [5, 5.41) is 11.5. The molecule has 2 rings (SSSR count). The molecule has 1 aromatic carbocycles. The summed E-state index contributed by atoms with van der Waals surface area (Å²) in [6.45, 7) is 4.15. The lowest BCUT2D eigenvalue weighted by molar-refractivity contribution is 0.0696. The van der Waals surface area contributed by atoms with E-state index in [9.17, 15) is 9.59 Å². The number of nitrogens with one attached hydrogen (secondary N) is 1. The lowest BCUT2D eigenvalue weighted by Gasteiger charge is -2.09. The highest BCUT2D eigenvalue weighted by molar-refractivity contribution is 6.03. The second-order valence-electron chi connectivity index (χ2n) is 4.97. The van der Waals surface area contributed by atoms with Crippen LogP contribution < -0.4 is 5.32 Å². The normalized spacial score (nSPS) is 10.4. The van der Waals surface area contributed by atoms with E-state index in [1.54, 1.807) is 6.07 Å². The van der Waals surface area contributed by atoms with Crippen molar-refractivity contribution in [2.75, 3.05) is 5.32 Å². The van der Waals surface area contributed by atoms with Gasteiger partial charge in [-0.05, 0) is 35.7 Å². The van der Waals surface area contributed by atoms with Gasteiger partial charge in [0, 0.05) is 11.9 Å². The molecule has 108 valence electrons. The number of amides is 1. The Hall–Kier alpha value is -2.69. The standard InChI is InChI=1S/C16H16N2O3/c1-10(2)11-4-3-5-13(8-11)18-15(19)14-7-6-12(9-17-14)16(20)21/h3-10H,1-2H3,(H,18,19)(H,20,21). The molecule has 5 heteroatoms. The Morgan fingerprint density at radius 2 is 1.95 bits per heavy atom. The van der Waals surface area contributed by atoms with Crippen LogP contribution in [0.15, 0.2) is 42.6 Å². The minimum atomic E-state index is -1.07. The number of aromatic nitrogens is 1. The molecule has 1 heterocycles. The van der Waals surface area contributed by atoms with Crippen molar-refractivity contribution in [3.8, 4) is 0 Å². The molecule has 2 aromatic rings. The number of carboxylic acid groups (broad SMARTS) is 1. The number of carbonyl (C=O) groups is 2. The van der Waals surface area contributed by atoms with E-state index in [1.807, 2.05) is 18.2 Å². The predicted molar refractivity (Wildman–Crippen MR) is 79.7 cm³/mol. The van der Waals surface area contributed by atoms with Crippen molar-refractivity contribution in [3.05, 3.63) is 59.4 Å². The molecule has 2 N–H and O–H groups in total. The Balaban J connectivity index is 2.14. The van der Waals surface area contributed by atoms with Crippen molar-refractivity contribution in [1.82, 2.24) is 4.98 Å². The Kier molecular flexibility index (Phi) is 4.33. The van der Waals surface area contributed by atoms with Crippen LogP contribution in [0.4, 0.5) is 5.69 Å². The molecule has 0 saturated heterocycles. The largest absolute Gasteiger partial charge is 0.478 e. The number of rotatable bonds is 4. The molecule has 0 aliphatic rings. The van der Waals surface area contributed by atoms with Crippen molar-refractivity contribution in [2.45, 2.75) is 19.8 Å². The summed E-state index contributed by atoms with van der Waals surface area (Å²) in [4.78, 5) is 26.6. The molecule has 0 aliphatic heterocycles. The molecule has 0 saturated carbocycles. The average Bonchev–Trinajstić information content (AvgIpc) is 2.47. The van der Waals surface area contributed by atoms with Gasteiger partial charge in [0.25, 0.3) is 5.91 Å². The molecule has 5 nitrogen and oxygen atoms in total. The molecule has 0 atom stereocenters. The number of hydrogen-bond donors (Lipinski definition) is 2. The number of anilines is 1. The minimum Gasteiger partial charge on any atom is -0.478 e. The van der Waals surface area contributed by atoms with E-state index in [2.05, 4.69) is 24.1 Å². The summed E-state index contributed by atoms with van der Waals surface area (Å²) in [5.74, 6) is -1.07. The average molecular weight is 284 g/mol. The molecular weight excluding hydrogens is 268 g/mol. The highest BCUT2D eigenvalue weighted by Gasteiger charge is 2.10. The maximum absolute atomic E-state index is 12.1. The molecule has 0 fully saturated rings. The second kappa shape index (κ2) is 6.17. The zero-order chi connectivity index (χ0) is 15.4. The quantitative estimate of drug-likeness (QED) is 0.903. The van der Waals surface area contributed by atoms with E-state index >= 15 is 0 Å². The van der Waals surface area contributed by atoms with Gasteiger partial charge in [0.15, 0.2) is 0 Å². The highest BCUT2D eigenvalue weighted by atomic mass is 16.4. The third kappa shape index (κ3) is 3.66. The minimum absolute atomic E-state index is 0.0494. The smallest absolute Gasteiger partial charge is 0.337 e. The first-order valence-electron chi connectivity index (χ1n) is 6.58. The van der Waals surface area contributed by atoms with Crippen molar-refractivity contribution in [1.29, 1.82) is 0 Å². The van der Waals surface area contributed by atoms with Crippen molar-refractivity contribution in [3.63, 3.8) is 0 Å². The number of pyridine rings is 1. The number of hydrogen-bond acceptors (Lipinski definition) is 3. The molecule has 1 aromatic heterocycles. The predicted octanol–water partition coefficient (Wildman–Crippen LogP) is 3.16. The van der Waals surface area contributed by atoms with Crippen LogP contribution in [-0.2, 0) is 0 Å². The van der Waals surface area contributed by atoms with E-state index in [1.165, 1.54) is 18.3 Å². The van der Waals surface area contributed by atoms with Gasteiger partial charge in [-0.1, -0.05) is 26.0 Å². The fourth-order valence-corrected chi connectivity index (χ4v) is 1.83. The third-order valence-electron chi connectivity index (χ3n) is 3.05. The van der Waals surface area contributed by atoms with Crippen molar-refractivity contribution >= 4 is 17.6 Å². The zero-order valence-corrected chi connectivity index (χ0v) is 11.8. The summed E-state index contributed by atoms with van der Waals surface area (Å²) in [6, 6.07) is 10.3. The molecule has 0 aliphatic carbocycles. The fraction of sp³-hybridized carbons (Fsp3) is 0.188. The van der Waals surface area contributed by atoms with E-state index < -0.39 is 5.97 Å². The van der Waals surface area contributed by atoms with E-state index in [0.717, 1.165) is 5.56 Å². The van der Waals surface area contributed by atoms with E-state index in [4.69, 9.17) is 5.11 Å². The van der Waals surface area contributed by atoms with Crippen LogP contribution in [0.2, 0.25) is 0 Å². The lowest BCUT2D eigenvalue weighted by Crippen LogP contribution is -2.14. The number of carbonyl (C=O) groups excluding carboxylic acids is 1. The van der Waals surface area contributed by atoms with Gasteiger partial charge in [0.2, 0.25) is 0 Å². The van der Waals surface area contributed by atoms with Crippen LogP contribution in [0.25, 0.3) is 0 Å². The summed E-state index contributed by atoms with van der Waals surface area (Å²) in [5.41, 5.74) is 2.04. The van der Waals surface area contributed by atoms with Crippen molar-refractivity contribution < 1.29 is 14.7 Å². The SMILES string of the molecule is CC(C)c1cccc(NC(=O)c2ccc(C(=O)O)cn2)c1. The van der Waals surface area contributed by atoms with E-state index in [0.29, 0.717) is 11.6 Å². The topological polar surface area (TPSA) is 79.3 Å². The van der Waals surface area contributed by atoms with Gasteiger partial charge in [-0.15, -0.1) is 0 Å². The summed E-state index contributed by atoms with van der Waals surface area (Å²) in [6.07, 6.45) is 1.17. The van der Waals surface area contributed by atoms with Gasteiger partial charge < -0.3 is 10.4 Å². The molecule has 1 amide bonds. The first-order valence-corrected chi connectivity index (χ1v) is 6.58. The van der Waals surface area contributed by atoms with E-state index in [-0.39, 0.29) is 17.2 Å². The van der Waals surface area contributed by atoms with Crippen LogP contribution in [0.3, 0.4) is 0 Å². The number of carboxylic acids is 1. The lowest BCUT2D eigenvalue weighted by atomic mass is 10.0. The molecule has 0 bridgehead atoms. The molecular formula is C16H16N2O3. The van der Waals surface area contributed by atoms with Gasteiger partial charge in [0.1, 0.15) is 5.69 Å². The summed E-state index contributed by atoms with van der Waals surface area (Å²) >= 11 is 0. The monoisotopic (exact) mass is 284 g/mol. The van der Waals surface area contributed by atoms with Gasteiger partial charge in [-0.25, -0.2) is 4.79 Å². The maximum Gasteiger partial charge on any atom is 0.337 e. The molecule has 0 unspecified atom stereocenters.